The molecule has 1 spiro atoms. The molecule has 9 nitrogen and oxygen atoms in total. The van der Waals surface area contributed by atoms with Gasteiger partial charge in [-0.2, -0.15) is 0 Å². The van der Waals surface area contributed by atoms with Crippen molar-refractivity contribution in [2.45, 2.75) is 32.9 Å². The molecule has 29 heavy (non-hydrogen) atoms. The van der Waals surface area contributed by atoms with Crippen molar-refractivity contribution in [2.75, 3.05) is 31.2 Å². The van der Waals surface area contributed by atoms with Crippen LogP contribution in [0.2, 0.25) is 5.02 Å². The van der Waals surface area contributed by atoms with Crippen LogP contribution in [-0.4, -0.2) is 45.5 Å². The number of halogens is 1. The molecule has 1 saturated heterocycles. The molecule has 0 aliphatic carbocycles. The van der Waals surface area contributed by atoms with Crippen LogP contribution in [0.25, 0.3) is 0 Å². The van der Waals surface area contributed by atoms with E-state index in [-0.39, 0.29) is 39.2 Å². The second-order valence-corrected chi connectivity index (χ2v) is 9.15. The number of hydrogen-bond acceptors (Lipinski definition) is 7. The Balaban J connectivity index is 1.88. The molecule has 1 atom stereocenters. The van der Waals surface area contributed by atoms with Crippen molar-refractivity contribution in [2.24, 2.45) is 5.41 Å². The van der Waals surface area contributed by atoms with Gasteiger partial charge in [0.15, 0.2) is 5.82 Å². The quantitative estimate of drug-likeness (QED) is 0.680. The number of carbonyl (C=O) groups is 1. The third kappa shape index (κ3) is 3.14. The number of nitrogens with zero attached hydrogens (tertiary/aromatic N) is 4. The molecule has 0 saturated carbocycles. The van der Waals surface area contributed by atoms with E-state index in [1.165, 1.54) is 6.33 Å². The molecule has 1 unspecified atom stereocenters. The Bertz CT molecular complexity index is 1080. The minimum atomic E-state index is -0.809. The third-order valence-corrected chi connectivity index (χ3v) is 5.82. The van der Waals surface area contributed by atoms with Crippen molar-refractivity contribution >= 4 is 34.8 Å². The predicted octanol–water partition coefficient (Wildman–Crippen LogP) is 1.68. The van der Waals surface area contributed by atoms with E-state index in [1.807, 2.05) is 14.0 Å². The van der Waals surface area contributed by atoms with Gasteiger partial charge in [0.25, 0.3) is 11.5 Å². The van der Waals surface area contributed by atoms with Gasteiger partial charge in [0.1, 0.15) is 34.2 Å². The number of anilines is 3. The van der Waals surface area contributed by atoms with Crippen molar-refractivity contribution in [1.82, 2.24) is 24.8 Å². The Morgan fingerprint density at radius 3 is 2.69 bits per heavy atom. The molecule has 0 aromatic carbocycles. The maximum atomic E-state index is 13.5. The summed E-state index contributed by atoms with van der Waals surface area (Å²) in [6, 6.07) is 1.64. The summed E-state index contributed by atoms with van der Waals surface area (Å²) in [5.41, 5.74) is 5.88. The second kappa shape index (κ2) is 6.43. The fraction of sp³-hybridized carbons (Fsp3) is 0.474. The largest absolute Gasteiger partial charge is 0.382 e. The number of aromatic nitrogens is 3. The standard InChI is InChI=1S/C19H24ClN7O2/c1-10-5-11(24-15-12(20)14(21)22-9-23-15)17(29)27-13(10)16(28)25-19(27)6-18(2,3)7-26(4)8-19/h5,9H,6-8H2,1-4H3,(H,25,28)(H3,21,22,23,24). The lowest BCUT2D eigenvalue weighted by Crippen LogP contribution is -2.61. The maximum absolute atomic E-state index is 13.5. The number of fused-ring (bicyclic) bond motifs is 2. The van der Waals surface area contributed by atoms with E-state index < -0.39 is 5.66 Å². The smallest absolute Gasteiger partial charge is 0.276 e. The molecule has 1 fully saturated rings. The molecule has 0 bridgehead atoms. The summed E-state index contributed by atoms with van der Waals surface area (Å²) >= 11 is 6.18. The van der Waals surface area contributed by atoms with Gasteiger partial charge in [-0.1, -0.05) is 25.4 Å². The van der Waals surface area contributed by atoms with Crippen molar-refractivity contribution in [3.63, 3.8) is 0 Å². The van der Waals surface area contributed by atoms with E-state index in [2.05, 4.69) is 39.3 Å². The predicted molar refractivity (Wildman–Crippen MR) is 112 cm³/mol. The number of rotatable bonds is 2. The minimum Gasteiger partial charge on any atom is -0.382 e. The van der Waals surface area contributed by atoms with Gasteiger partial charge in [0, 0.05) is 13.1 Å². The Morgan fingerprint density at radius 2 is 2.00 bits per heavy atom. The lowest BCUT2D eigenvalue weighted by molar-refractivity contribution is 0.0167. The van der Waals surface area contributed by atoms with Gasteiger partial charge < -0.3 is 21.3 Å². The monoisotopic (exact) mass is 417 g/mol. The number of nitrogens with one attached hydrogen (secondary N) is 2. The number of aryl methyl sites for hydroxylation is 1. The molecular formula is C19H24ClN7O2. The van der Waals surface area contributed by atoms with E-state index in [9.17, 15) is 9.59 Å². The summed E-state index contributed by atoms with van der Waals surface area (Å²) in [6.07, 6.45) is 1.92. The number of likely N-dealkylation sites (N-methyl/N-ethyl adjacent to an activating group) is 1. The molecule has 2 aliphatic rings. The summed E-state index contributed by atoms with van der Waals surface area (Å²) in [7, 11) is 2.00. The number of pyridine rings is 1. The van der Waals surface area contributed by atoms with Gasteiger partial charge >= 0.3 is 0 Å². The second-order valence-electron chi connectivity index (χ2n) is 8.78. The first-order valence-corrected chi connectivity index (χ1v) is 9.72. The average molecular weight is 418 g/mol. The van der Waals surface area contributed by atoms with Crippen LogP contribution in [0.3, 0.4) is 0 Å². The molecule has 4 N–H and O–H groups in total. The Kier molecular flexibility index (Phi) is 4.36. The van der Waals surface area contributed by atoms with Gasteiger partial charge in [-0.05, 0) is 37.4 Å². The Morgan fingerprint density at radius 1 is 1.28 bits per heavy atom. The molecular weight excluding hydrogens is 394 g/mol. The number of likely N-dealkylation sites (tertiary alicyclic amines) is 1. The van der Waals surface area contributed by atoms with Crippen molar-refractivity contribution in [3.05, 3.63) is 39.0 Å². The first-order valence-electron chi connectivity index (χ1n) is 9.34. The molecule has 1 amide bonds. The summed E-state index contributed by atoms with van der Waals surface area (Å²) in [4.78, 5) is 36.4. The van der Waals surface area contributed by atoms with Gasteiger partial charge in [0.2, 0.25) is 0 Å². The summed E-state index contributed by atoms with van der Waals surface area (Å²) in [6.45, 7) is 7.50. The van der Waals surface area contributed by atoms with Gasteiger partial charge in [-0.3, -0.25) is 14.2 Å². The van der Waals surface area contributed by atoms with Crippen LogP contribution in [0.4, 0.5) is 17.3 Å². The normalized spacial score (nSPS) is 23.1. The topological polar surface area (TPSA) is 118 Å². The van der Waals surface area contributed by atoms with Crippen LogP contribution >= 0.6 is 11.6 Å². The van der Waals surface area contributed by atoms with Crippen LogP contribution in [0.15, 0.2) is 17.2 Å². The van der Waals surface area contributed by atoms with Crippen LogP contribution < -0.4 is 21.9 Å². The Hall–Kier alpha value is -2.65. The van der Waals surface area contributed by atoms with Crippen molar-refractivity contribution < 1.29 is 4.79 Å². The molecule has 0 radical (unpaired) electrons. The summed E-state index contributed by atoms with van der Waals surface area (Å²) < 4.78 is 1.60. The zero-order chi connectivity index (χ0) is 21.1. The maximum Gasteiger partial charge on any atom is 0.276 e. The van der Waals surface area contributed by atoms with E-state index >= 15 is 0 Å². The van der Waals surface area contributed by atoms with E-state index in [0.29, 0.717) is 24.2 Å². The number of nitrogens with two attached hydrogens (primary N) is 1. The van der Waals surface area contributed by atoms with Crippen LogP contribution in [-0.2, 0) is 5.66 Å². The van der Waals surface area contributed by atoms with Gasteiger partial charge in [-0.25, -0.2) is 9.97 Å². The fourth-order valence-electron chi connectivity index (χ4n) is 4.82. The van der Waals surface area contributed by atoms with E-state index in [0.717, 1.165) is 6.54 Å². The molecule has 10 heteroatoms. The molecule has 2 aliphatic heterocycles. The lowest BCUT2D eigenvalue weighted by atomic mass is 9.78. The summed E-state index contributed by atoms with van der Waals surface area (Å²) in [5.74, 6) is 0.122. The highest BCUT2D eigenvalue weighted by Gasteiger charge is 2.51. The SMILES string of the molecule is Cc1cc(Nc2ncnc(N)c2Cl)c(=O)n2c1C(=O)NC21CN(C)CC(C)(C)C1. The highest BCUT2D eigenvalue weighted by molar-refractivity contribution is 6.35. The van der Waals surface area contributed by atoms with E-state index in [1.54, 1.807) is 10.6 Å². The molecule has 154 valence electrons. The number of piperidine rings is 1. The average Bonchev–Trinajstić information content (AvgIpc) is 2.86. The third-order valence-electron chi connectivity index (χ3n) is 5.45. The number of hydrogen-bond donors (Lipinski definition) is 3. The molecule has 4 rings (SSSR count). The van der Waals surface area contributed by atoms with E-state index in [4.69, 9.17) is 17.3 Å². The first kappa shape index (κ1) is 19.7. The van der Waals surface area contributed by atoms with Crippen LogP contribution in [0, 0.1) is 12.3 Å². The first-order chi connectivity index (χ1) is 13.5. The Labute approximate surface area is 173 Å². The fourth-order valence-corrected chi connectivity index (χ4v) is 4.96. The molecule has 2 aromatic heterocycles. The van der Waals surface area contributed by atoms with Gasteiger partial charge in [0.05, 0.1) is 0 Å². The van der Waals surface area contributed by atoms with Crippen molar-refractivity contribution in [1.29, 1.82) is 0 Å². The molecule has 2 aromatic rings. The lowest BCUT2D eigenvalue weighted by Gasteiger charge is -2.47. The summed E-state index contributed by atoms with van der Waals surface area (Å²) in [5, 5.41) is 6.20. The van der Waals surface area contributed by atoms with Crippen molar-refractivity contribution in [3.8, 4) is 0 Å². The zero-order valence-electron chi connectivity index (χ0n) is 16.8. The zero-order valence-corrected chi connectivity index (χ0v) is 17.6. The number of amides is 1. The highest BCUT2D eigenvalue weighted by atomic mass is 35.5. The highest BCUT2D eigenvalue weighted by Crippen LogP contribution is 2.40. The number of nitrogen functional groups attached to an aromatic ring is 1. The number of carbonyl (C=O) groups excluding carboxylic acids is 1. The minimum absolute atomic E-state index is 0.0803. The van der Waals surface area contributed by atoms with Crippen LogP contribution in [0.5, 0.6) is 0 Å². The molecule has 4 heterocycles. The van der Waals surface area contributed by atoms with Crippen LogP contribution in [0.1, 0.15) is 36.3 Å². The van der Waals surface area contributed by atoms with Gasteiger partial charge in [-0.15, -0.1) is 0 Å².